The van der Waals surface area contributed by atoms with Crippen molar-refractivity contribution in [2.75, 3.05) is 7.11 Å². The molecule has 1 heterocycles. The highest BCUT2D eigenvalue weighted by atomic mass is 16.6. The van der Waals surface area contributed by atoms with Gasteiger partial charge in [0.2, 0.25) is 0 Å². The van der Waals surface area contributed by atoms with Gasteiger partial charge >= 0.3 is 0 Å². The Hall–Kier alpha value is -1.47. The summed E-state index contributed by atoms with van der Waals surface area (Å²) in [5, 5.41) is 30.7. The van der Waals surface area contributed by atoms with Crippen molar-refractivity contribution >= 4 is 5.78 Å². The second-order valence-corrected chi connectivity index (χ2v) is 5.81. The van der Waals surface area contributed by atoms with Gasteiger partial charge in [0.05, 0.1) is 18.3 Å². The number of benzene rings is 1. The maximum absolute atomic E-state index is 12.2. The van der Waals surface area contributed by atoms with Crippen molar-refractivity contribution in [3.8, 4) is 5.75 Å². The number of fused-ring (bicyclic) bond motifs is 2. The summed E-state index contributed by atoms with van der Waals surface area (Å²) in [5.74, 6) is -1.74. The zero-order valence-electron chi connectivity index (χ0n) is 11.9. The van der Waals surface area contributed by atoms with E-state index in [0.29, 0.717) is 16.7 Å². The van der Waals surface area contributed by atoms with E-state index in [2.05, 4.69) is 0 Å². The minimum Gasteiger partial charge on any atom is -0.507 e. The molecule has 1 aromatic carbocycles. The number of rotatable bonds is 1. The van der Waals surface area contributed by atoms with E-state index < -0.39 is 18.0 Å². The third-order valence-corrected chi connectivity index (χ3v) is 4.21. The van der Waals surface area contributed by atoms with Gasteiger partial charge in [0.25, 0.3) is 0 Å². The van der Waals surface area contributed by atoms with Gasteiger partial charge in [-0.15, -0.1) is 0 Å². The lowest BCUT2D eigenvalue weighted by Gasteiger charge is -2.34. The van der Waals surface area contributed by atoms with E-state index in [0.717, 1.165) is 0 Å². The summed E-state index contributed by atoms with van der Waals surface area (Å²) in [6.07, 6.45) is -1.40. The van der Waals surface area contributed by atoms with Crippen molar-refractivity contribution in [1.82, 2.24) is 0 Å². The van der Waals surface area contributed by atoms with Crippen LogP contribution in [0.3, 0.4) is 0 Å². The van der Waals surface area contributed by atoms with E-state index >= 15 is 0 Å². The summed E-state index contributed by atoms with van der Waals surface area (Å²) in [6.45, 7) is 1.56. The average molecular weight is 294 g/mol. The molecule has 0 spiro atoms. The van der Waals surface area contributed by atoms with Crippen LogP contribution >= 0.6 is 0 Å². The molecule has 0 aromatic heterocycles. The Bertz CT molecular complexity index is 607. The van der Waals surface area contributed by atoms with Crippen LogP contribution in [0.5, 0.6) is 5.75 Å². The van der Waals surface area contributed by atoms with Crippen LogP contribution in [0.25, 0.3) is 0 Å². The average Bonchev–Trinajstić information content (AvgIpc) is 2.41. The summed E-state index contributed by atoms with van der Waals surface area (Å²) in [7, 11) is 1.43. The van der Waals surface area contributed by atoms with Gasteiger partial charge in [0.15, 0.2) is 11.6 Å². The largest absolute Gasteiger partial charge is 0.507 e. The number of aliphatic hydroxyl groups excluding tert-OH is 1. The van der Waals surface area contributed by atoms with Crippen LogP contribution in [-0.4, -0.2) is 40.1 Å². The molecule has 2 aliphatic rings. The Morgan fingerprint density at radius 3 is 2.86 bits per heavy atom. The highest BCUT2D eigenvalue weighted by Gasteiger charge is 2.39. The van der Waals surface area contributed by atoms with Crippen molar-refractivity contribution in [3.63, 3.8) is 0 Å². The Labute approximate surface area is 121 Å². The molecule has 0 fully saturated rings. The number of hydrogen-bond acceptors (Lipinski definition) is 6. The molecular weight excluding hydrogens is 276 g/mol. The molecular formula is C15H18O6. The molecule has 3 atom stereocenters. The zero-order chi connectivity index (χ0) is 15.4. The van der Waals surface area contributed by atoms with E-state index in [-0.39, 0.29) is 36.5 Å². The van der Waals surface area contributed by atoms with Crippen LogP contribution in [0.2, 0.25) is 0 Å². The molecule has 0 bridgehead atoms. The van der Waals surface area contributed by atoms with Crippen molar-refractivity contribution in [2.24, 2.45) is 0 Å². The quantitative estimate of drug-likeness (QED) is 0.709. The summed E-state index contributed by atoms with van der Waals surface area (Å²) in [6, 6.07) is 1.66. The lowest BCUT2D eigenvalue weighted by Crippen LogP contribution is -2.36. The molecule has 0 unspecified atom stereocenters. The van der Waals surface area contributed by atoms with Crippen molar-refractivity contribution in [1.29, 1.82) is 0 Å². The van der Waals surface area contributed by atoms with E-state index in [4.69, 9.17) is 9.47 Å². The SMILES string of the molecule is CO[C@@H]1CC(=O)c2c(cc3c(c2O)CO[C@@](C)(O)C3)[C@@H]1O. The van der Waals surface area contributed by atoms with Gasteiger partial charge in [-0.05, 0) is 18.1 Å². The molecule has 1 aliphatic carbocycles. The lowest BCUT2D eigenvalue weighted by atomic mass is 9.81. The number of hydrogen-bond donors (Lipinski definition) is 3. The molecule has 21 heavy (non-hydrogen) atoms. The van der Waals surface area contributed by atoms with Crippen LogP contribution in [0.15, 0.2) is 6.07 Å². The fourth-order valence-electron chi connectivity index (χ4n) is 3.07. The number of methoxy groups -OCH3 is 1. The minimum atomic E-state index is -1.32. The number of phenols is 1. The molecule has 1 aromatic rings. The number of carbonyl (C=O) groups is 1. The van der Waals surface area contributed by atoms with Crippen molar-refractivity contribution in [2.45, 2.75) is 44.4 Å². The summed E-state index contributed by atoms with van der Waals surface area (Å²) in [5.41, 5.74) is 1.66. The van der Waals surface area contributed by atoms with E-state index in [1.807, 2.05) is 0 Å². The number of aromatic hydroxyl groups is 1. The van der Waals surface area contributed by atoms with E-state index in [1.54, 1.807) is 6.07 Å². The first-order valence-corrected chi connectivity index (χ1v) is 6.82. The first-order valence-electron chi connectivity index (χ1n) is 6.82. The minimum absolute atomic E-state index is 0.0234. The van der Waals surface area contributed by atoms with Gasteiger partial charge in [-0.2, -0.15) is 0 Å². The first kappa shape index (κ1) is 14.5. The molecule has 0 radical (unpaired) electrons. The second-order valence-electron chi connectivity index (χ2n) is 5.81. The number of aliphatic hydroxyl groups is 2. The van der Waals surface area contributed by atoms with Crippen LogP contribution in [0, 0.1) is 0 Å². The number of ether oxygens (including phenoxy) is 2. The topological polar surface area (TPSA) is 96.2 Å². The zero-order valence-corrected chi connectivity index (χ0v) is 11.9. The van der Waals surface area contributed by atoms with Gasteiger partial charge in [-0.3, -0.25) is 4.79 Å². The van der Waals surface area contributed by atoms with Gasteiger partial charge in [-0.1, -0.05) is 6.07 Å². The van der Waals surface area contributed by atoms with Crippen molar-refractivity contribution < 1.29 is 29.6 Å². The standard InChI is InChI=1S/C15H18O6/c1-15(19)5-7-3-8-12(14(18)9(7)6-21-15)10(16)4-11(20-2)13(8)17/h3,11,13,17-19H,4-6H2,1-2H3/t11-,13+,15-/m1/s1. The number of Topliss-reactive ketones (excluding diaryl/α,β-unsaturated/α-hetero) is 1. The fraction of sp³-hybridized carbons (Fsp3) is 0.533. The lowest BCUT2D eigenvalue weighted by molar-refractivity contribution is -0.204. The van der Waals surface area contributed by atoms with Crippen LogP contribution in [-0.2, 0) is 22.5 Å². The molecule has 3 N–H and O–H groups in total. The van der Waals surface area contributed by atoms with E-state index in [9.17, 15) is 20.1 Å². The third-order valence-electron chi connectivity index (χ3n) is 4.21. The predicted octanol–water partition coefficient (Wildman–Crippen LogP) is 0.808. The second kappa shape index (κ2) is 4.78. The summed E-state index contributed by atoms with van der Waals surface area (Å²) < 4.78 is 10.4. The van der Waals surface area contributed by atoms with Crippen LogP contribution in [0.1, 0.15) is 46.5 Å². The van der Waals surface area contributed by atoms with Gasteiger partial charge < -0.3 is 24.8 Å². The van der Waals surface area contributed by atoms with Gasteiger partial charge in [0, 0.05) is 25.5 Å². The van der Waals surface area contributed by atoms with Crippen LogP contribution in [0.4, 0.5) is 0 Å². The first-order chi connectivity index (χ1) is 9.84. The Balaban J connectivity index is 2.16. The molecule has 114 valence electrons. The molecule has 0 saturated carbocycles. The van der Waals surface area contributed by atoms with Crippen LogP contribution < -0.4 is 0 Å². The van der Waals surface area contributed by atoms with Gasteiger partial charge in [-0.25, -0.2) is 0 Å². The maximum Gasteiger partial charge on any atom is 0.169 e. The number of ketones is 1. The fourth-order valence-corrected chi connectivity index (χ4v) is 3.07. The Morgan fingerprint density at radius 1 is 1.48 bits per heavy atom. The molecule has 0 saturated heterocycles. The highest BCUT2D eigenvalue weighted by Crippen LogP contribution is 2.42. The Morgan fingerprint density at radius 2 is 2.19 bits per heavy atom. The predicted molar refractivity (Wildman–Crippen MR) is 71.9 cm³/mol. The summed E-state index contributed by atoms with van der Waals surface area (Å²) >= 11 is 0. The monoisotopic (exact) mass is 294 g/mol. The molecule has 1 aliphatic heterocycles. The number of phenolic OH excluding ortho intramolecular Hbond substituents is 1. The summed E-state index contributed by atoms with van der Waals surface area (Å²) in [4.78, 5) is 12.2. The van der Waals surface area contributed by atoms with E-state index in [1.165, 1.54) is 14.0 Å². The highest BCUT2D eigenvalue weighted by molar-refractivity contribution is 6.02. The Kier molecular flexibility index (Phi) is 3.29. The number of carbonyl (C=O) groups excluding carboxylic acids is 1. The maximum atomic E-state index is 12.2. The molecule has 6 heteroatoms. The molecule has 6 nitrogen and oxygen atoms in total. The van der Waals surface area contributed by atoms with Crippen molar-refractivity contribution in [3.05, 3.63) is 28.3 Å². The smallest absolute Gasteiger partial charge is 0.169 e. The third kappa shape index (κ3) is 2.24. The normalized spacial score (nSPS) is 31.7. The van der Waals surface area contributed by atoms with Gasteiger partial charge in [0.1, 0.15) is 11.9 Å². The molecule has 3 rings (SSSR count). The molecule has 0 amide bonds.